The minimum Gasteiger partial charge on any atom is -0.790 e. The first-order valence-electron chi connectivity index (χ1n) is 14.7. The maximum Gasteiger partial charge on any atom is 1.00 e. The molecule has 3 N–H and O–H groups in total. The van der Waals surface area contributed by atoms with Gasteiger partial charge >= 0.3 is 71.1 Å². The fourth-order valence-electron chi connectivity index (χ4n) is 3.48. The average Bonchev–Trinajstić information content (AvgIpc) is 2.98. The van der Waals surface area contributed by atoms with Gasteiger partial charge in [-0.15, -0.1) is 0 Å². The second-order valence-corrected chi connectivity index (χ2v) is 10.5. The maximum atomic E-state index is 12.2. The predicted octanol–water partition coefficient (Wildman–Crippen LogP) is 1.18. The molecule has 0 heterocycles. The topological polar surface area (TPSA) is 160 Å². The molecule has 12 heteroatoms. The quantitative estimate of drug-likeness (QED) is 0.0490. The number of hydrogen-bond acceptors (Lipinski definition) is 9. The third-order valence-corrected chi connectivity index (χ3v) is 6.04. The summed E-state index contributed by atoms with van der Waals surface area (Å²) in [6, 6.07) is 0. The van der Waals surface area contributed by atoms with Crippen molar-refractivity contribution in [1.82, 2.24) is 6.15 Å². The van der Waals surface area contributed by atoms with Crippen LogP contribution in [-0.2, 0) is 28.2 Å². The molecule has 9 nitrogen and oxygen atoms in total. The summed E-state index contributed by atoms with van der Waals surface area (Å²) in [4.78, 5) is 45.7. The van der Waals surface area contributed by atoms with E-state index in [1.807, 2.05) is 0 Å². The van der Waals surface area contributed by atoms with E-state index >= 15 is 0 Å². The number of phosphoric acid groups is 1. The van der Waals surface area contributed by atoms with Crippen LogP contribution in [0.25, 0.3) is 0 Å². The smallest absolute Gasteiger partial charge is 0.790 e. The van der Waals surface area contributed by atoms with Crippen molar-refractivity contribution < 1.29 is 116 Å². The molecule has 0 rings (SSSR count). The van der Waals surface area contributed by atoms with Gasteiger partial charge in [-0.2, -0.15) is 0 Å². The minimum atomic E-state index is -5.32. The molecule has 0 spiro atoms. The fraction of sp³-hybridized carbons (Fsp3) is 0.543. The number of hydrogen-bond donors (Lipinski definition) is 1. The van der Waals surface area contributed by atoms with Crippen LogP contribution in [0.5, 0.6) is 0 Å². The van der Waals surface area contributed by atoms with Gasteiger partial charge in [0.1, 0.15) is 6.61 Å². The summed E-state index contributed by atoms with van der Waals surface area (Å²) in [6.07, 6.45) is 13.9. The molecule has 0 aromatic carbocycles. The number of carbonyl (C=O) groups is 2. The van der Waals surface area contributed by atoms with E-state index in [9.17, 15) is 23.9 Å². The Bertz CT molecular complexity index is 1420. The zero-order valence-electron chi connectivity index (χ0n) is 28.3. The first kappa shape index (κ1) is 51.8. The molecular formula is C35H68NNa2O8P. The molecule has 0 radical (unpaired) electrons. The van der Waals surface area contributed by atoms with E-state index < -0.39 is 39.1 Å². The predicted molar refractivity (Wildman–Crippen MR) is 197 cm³/mol. The number of rotatable bonds is 20. The van der Waals surface area contributed by atoms with E-state index in [4.69, 9.17) is 9.47 Å². The molecule has 0 amide bonds. The van der Waals surface area contributed by atoms with Crippen LogP contribution in [-0.4, -0.2) is 31.3 Å². The molecular weight excluding hydrogens is 639 g/mol. The Balaban J connectivity index is -0.0000000770. The Labute approximate surface area is 345 Å². The van der Waals surface area contributed by atoms with Gasteiger partial charge < -0.3 is 34.5 Å². The molecule has 0 saturated heterocycles. The molecule has 0 unspecified atom stereocenters. The second-order valence-electron chi connectivity index (χ2n) is 9.32. The second kappa shape index (κ2) is 38.4. The number of esters is 2. The Morgan fingerprint density at radius 3 is 1.49 bits per heavy atom. The van der Waals surface area contributed by atoms with Crippen LogP contribution in [0.1, 0.15) is 122 Å². The fourth-order valence-corrected chi connectivity index (χ4v) is 3.83. The first-order valence-corrected chi connectivity index (χ1v) is 16.2. The monoisotopic (exact) mass is 707 g/mol. The Kier molecular flexibility index (Phi) is 42.3. The van der Waals surface area contributed by atoms with E-state index in [0.717, 1.165) is 19.3 Å². The van der Waals surface area contributed by atoms with Crippen molar-refractivity contribution in [3.63, 3.8) is 0 Å². The van der Waals surface area contributed by atoms with Crippen molar-refractivity contribution in [1.29, 1.82) is 0 Å². The molecule has 0 aromatic heterocycles. The van der Waals surface area contributed by atoms with E-state index in [-0.39, 0.29) is 90.2 Å². The summed E-state index contributed by atoms with van der Waals surface area (Å²) in [5.74, 6) is 32.1. The van der Waals surface area contributed by atoms with E-state index in [1.54, 1.807) is 6.92 Å². The molecule has 0 bridgehead atoms. The largest absolute Gasteiger partial charge is 1.00 e. The van der Waals surface area contributed by atoms with Gasteiger partial charge in [-0.25, -0.2) is 4.79 Å². The minimum absolute atomic E-state index is 0. The molecule has 268 valence electrons. The van der Waals surface area contributed by atoms with Crippen molar-refractivity contribution in [2.75, 3.05) is 13.2 Å². The maximum absolute atomic E-state index is 12.2. The normalized spacial score (nSPS) is 9.19. The van der Waals surface area contributed by atoms with Gasteiger partial charge in [-0.3, -0.25) is 4.79 Å². The summed E-state index contributed by atoms with van der Waals surface area (Å²) in [7, 11) is -5.32. The van der Waals surface area contributed by atoms with Crippen molar-refractivity contribution in [2.45, 2.75) is 110 Å². The van der Waals surface area contributed by atoms with Crippen LogP contribution in [0.4, 0.5) is 0 Å². The molecule has 0 aliphatic heterocycles. The van der Waals surface area contributed by atoms with Crippen LogP contribution in [0, 0.1) is 82.9 Å². The van der Waals surface area contributed by atoms with E-state index in [1.165, 1.54) is 57.8 Å². The van der Waals surface area contributed by atoms with Crippen LogP contribution in [0.2, 0.25) is 0 Å². The number of phosphoric ester groups is 1. The number of unbranched alkanes of at least 4 members (excludes halogenated alkanes) is 12. The van der Waals surface area contributed by atoms with Crippen LogP contribution in [0.15, 0.2) is 0 Å². The van der Waals surface area contributed by atoms with Gasteiger partial charge in [0.15, 0.2) is 6.10 Å². The van der Waals surface area contributed by atoms with Gasteiger partial charge in [-0.1, -0.05) is 89.9 Å². The molecule has 47 heavy (non-hydrogen) atoms. The summed E-state index contributed by atoms with van der Waals surface area (Å²) < 4.78 is 25.1. The molecule has 0 aliphatic carbocycles. The zero-order chi connectivity index (χ0) is 32.6. The Morgan fingerprint density at radius 2 is 1.06 bits per heavy atom. The van der Waals surface area contributed by atoms with Crippen LogP contribution in [0.3, 0.4) is 0 Å². The molecule has 0 fully saturated rings. The summed E-state index contributed by atoms with van der Waals surface area (Å²) in [5, 5.41) is 0. The van der Waals surface area contributed by atoms with E-state index in [0.29, 0.717) is 6.42 Å². The summed E-state index contributed by atoms with van der Waals surface area (Å²) in [5.41, 5.74) is 0. The molecule has 0 aliphatic rings. The van der Waals surface area contributed by atoms with Gasteiger partial charge in [0.05, 0.1) is 14.4 Å². The van der Waals surface area contributed by atoms with Crippen LogP contribution < -0.4 is 75.1 Å². The number of ether oxygens (including phenoxy) is 2. The van der Waals surface area contributed by atoms with Crippen molar-refractivity contribution >= 4 is 19.8 Å². The first-order chi connectivity index (χ1) is 21.3. The van der Waals surface area contributed by atoms with Crippen molar-refractivity contribution in [3.8, 4) is 82.9 Å². The standard InChI is InChI=1S/C35H41O8P.H3N.2Na.13H2/c1-3-5-7-9-11-13-15-17-19-21-23-25-27-29-34(36)41-31-33(32-42-44(38,39)40)43-35(37)30-28-26-24-22-20-18-16-14-12-10-8-6-4-2;;;;;;;;;;;;;;;;/h33H,4,6,8,10,12,14,16,18,20,22,24,26,28,30-32H2,1-2H3,(H2,38,39,40);1H3;;;13*1H/q;;2*+1;;;;;;;;;;;;;/p-2/t33-;;;;;;;;;;;;;;;;/m1................/s1. The van der Waals surface area contributed by atoms with Crippen molar-refractivity contribution in [2.24, 2.45) is 0 Å². The third-order valence-electron chi connectivity index (χ3n) is 5.58. The van der Waals surface area contributed by atoms with Gasteiger partial charge in [0.2, 0.25) is 0 Å². The summed E-state index contributed by atoms with van der Waals surface area (Å²) >= 11 is 0. The average molecular weight is 708 g/mol. The molecule has 1 atom stereocenters. The molecule has 0 aromatic rings. The van der Waals surface area contributed by atoms with Gasteiger partial charge in [0, 0.05) is 30.9 Å². The third kappa shape index (κ3) is 41.9. The van der Waals surface area contributed by atoms with E-state index in [2.05, 4.69) is 94.3 Å². The Hall–Kier alpha value is -2.07. The zero-order valence-corrected chi connectivity index (χ0v) is 33.2. The Morgan fingerprint density at radius 1 is 0.660 bits per heavy atom. The van der Waals surface area contributed by atoms with Crippen LogP contribution >= 0.6 is 7.82 Å². The van der Waals surface area contributed by atoms with Crippen molar-refractivity contribution in [3.05, 3.63) is 0 Å². The summed E-state index contributed by atoms with van der Waals surface area (Å²) in [6.45, 7) is 2.54. The van der Waals surface area contributed by atoms with Gasteiger partial charge in [-0.05, 0) is 84.4 Å². The van der Waals surface area contributed by atoms with Gasteiger partial charge in [0.25, 0.3) is 0 Å². The molecule has 0 saturated carbocycles. The number of carbonyl (C=O) groups excluding carboxylic acids is 2. The SMILES string of the molecule is CC#CC#CC#CC#CC#CC#CC#CC(=O)OC[C@H](COP(=O)([O-])[O-])OC(=O)CCCCCCCCCCCCCCC.N.[HH].[HH].[HH].[HH].[HH].[HH].[HH].[HH].[HH].[HH].[HH].[HH].[HH].[Na+].[Na+].